The standard InChI is InChI=1S/C12H16N4O2S/c1-7(13)10-14-8(6-19-10)9-15-11(16-18-9)12(17-2)4-3-5-12/h6-7H,3-5,13H2,1-2H3. The summed E-state index contributed by atoms with van der Waals surface area (Å²) in [6.07, 6.45) is 3.00. The van der Waals surface area contributed by atoms with Gasteiger partial charge in [0.25, 0.3) is 5.89 Å². The predicted octanol–water partition coefficient (Wildman–Crippen LogP) is 2.24. The lowest BCUT2D eigenvalue weighted by molar-refractivity contribution is -0.0858. The molecule has 1 saturated carbocycles. The van der Waals surface area contributed by atoms with Crippen molar-refractivity contribution >= 4 is 11.3 Å². The third-order valence-corrected chi connectivity index (χ3v) is 4.56. The molecular formula is C12H16N4O2S. The van der Waals surface area contributed by atoms with Gasteiger partial charge >= 0.3 is 0 Å². The van der Waals surface area contributed by atoms with Crippen LogP contribution in [0, 0.1) is 0 Å². The molecule has 0 radical (unpaired) electrons. The zero-order valence-electron chi connectivity index (χ0n) is 10.9. The molecular weight excluding hydrogens is 264 g/mol. The van der Waals surface area contributed by atoms with E-state index in [0.717, 1.165) is 24.3 Å². The smallest absolute Gasteiger partial charge is 0.277 e. The molecule has 3 rings (SSSR count). The Morgan fingerprint density at radius 1 is 1.47 bits per heavy atom. The molecule has 2 N–H and O–H groups in total. The Morgan fingerprint density at radius 2 is 2.26 bits per heavy atom. The average Bonchev–Trinajstić information content (AvgIpc) is 2.96. The molecule has 1 aliphatic rings. The van der Waals surface area contributed by atoms with Crippen LogP contribution in [0.4, 0.5) is 0 Å². The Hall–Kier alpha value is -1.31. The van der Waals surface area contributed by atoms with E-state index in [1.807, 2.05) is 12.3 Å². The van der Waals surface area contributed by atoms with Crippen LogP contribution in [0.15, 0.2) is 9.90 Å². The lowest BCUT2D eigenvalue weighted by atomic mass is 9.79. The van der Waals surface area contributed by atoms with E-state index in [4.69, 9.17) is 15.0 Å². The van der Waals surface area contributed by atoms with Crippen molar-refractivity contribution in [2.24, 2.45) is 5.73 Å². The van der Waals surface area contributed by atoms with Crippen molar-refractivity contribution in [1.82, 2.24) is 15.1 Å². The van der Waals surface area contributed by atoms with E-state index in [2.05, 4.69) is 15.1 Å². The molecule has 1 fully saturated rings. The van der Waals surface area contributed by atoms with Crippen molar-refractivity contribution in [2.75, 3.05) is 7.11 Å². The summed E-state index contributed by atoms with van der Waals surface area (Å²) < 4.78 is 10.8. The van der Waals surface area contributed by atoms with Crippen LogP contribution in [-0.2, 0) is 10.3 Å². The highest BCUT2D eigenvalue weighted by Gasteiger charge is 2.43. The fourth-order valence-corrected chi connectivity index (χ4v) is 2.88. The molecule has 0 saturated heterocycles. The van der Waals surface area contributed by atoms with Crippen molar-refractivity contribution in [2.45, 2.75) is 37.8 Å². The highest BCUT2D eigenvalue weighted by atomic mass is 32.1. The quantitative estimate of drug-likeness (QED) is 0.924. The van der Waals surface area contributed by atoms with E-state index < -0.39 is 0 Å². The number of ether oxygens (including phenoxy) is 1. The number of hydrogen-bond donors (Lipinski definition) is 1. The minimum absolute atomic E-state index is 0.0851. The fraction of sp³-hybridized carbons (Fsp3) is 0.583. The van der Waals surface area contributed by atoms with Crippen LogP contribution in [0.25, 0.3) is 11.6 Å². The minimum atomic E-state index is -0.359. The normalized spacial score (nSPS) is 19.1. The maximum atomic E-state index is 5.79. The summed E-state index contributed by atoms with van der Waals surface area (Å²) in [5, 5.41) is 6.78. The predicted molar refractivity (Wildman–Crippen MR) is 70.5 cm³/mol. The van der Waals surface area contributed by atoms with Gasteiger partial charge < -0.3 is 15.0 Å². The van der Waals surface area contributed by atoms with E-state index in [-0.39, 0.29) is 11.6 Å². The topological polar surface area (TPSA) is 87.1 Å². The second-order valence-corrected chi connectivity index (χ2v) is 5.72. The zero-order valence-corrected chi connectivity index (χ0v) is 11.7. The van der Waals surface area contributed by atoms with Crippen LogP contribution in [0.3, 0.4) is 0 Å². The van der Waals surface area contributed by atoms with Gasteiger partial charge in [-0.3, -0.25) is 0 Å². The molecule has 1 unspecified atom stereocenters. The van der Waals surface area contributed by atoms with Crippen LogP contribution in [0.5, 0.6) is 0 Å². The lowest BCUT2D eigenvalue weighted by Crippen LogP contribution is -2.37. The maximum Gasteiger partial charge on any atom is 0.277 e. The van der Waals surface area contributed by atoms with E-state index in [1.165, 1.54) is 11.3 Å². The monoisotopic (exact) mass is 280 g/mol. The molecule has 102 valence electrons. The van der Waals surface area contributed by atoms with Crippen LogP contribution in [-0.4, -0.2) is 22.2 Å². The highest BCUT2D eigenvalue weighted by Crippen LogP contribution is 2.43. The molecule has 2 heterocycles. The summed E-state index contributed by atoms with van der Waals surface area (Å²) in [6, 6.07) is -0.0851. The Bertz CT molecular complexity index is 568. The van der Waals surface area contributed by atoms with Crippen LogP contribution in [0.2, 0.25) is 0 Å². The van der Waals surface area contributed by atoms with Gasteiger partial charge in [0.05, 0.1) is 6.04 Å². The van der Waals surface area contributed by atoms with Crippen molar-refractivity contribution < 1.29 is 9.26 Å². The first-order valence-corrected chi connectivity index (χ1v) is 7.13. The van der Waals surface area contributed by atoms with Gasteiger partial charge in [-0.15, -0.1) is 11.3 Å². The van der Waals surface area contributed by atoms with Gasteiger partial charge in [0.15, 0.2) is 0 Å². The average molecular weight is 280 g/mol. The third-order valence-electron chi connectivity index (χ3n) is 3.52. The fourth-order valence-electron chi connectivity index (χ4n) is 2.12. The summed E-state index contributed by atoms with van der Waals surface area (Å²) in [7, 11) is 1.69. The van der Waals surface area contributed by atoms with Crippen molar-refractivity contribution in [3.05, 3.63) is 16.2 Å². The van der Waals surface area contributed by atoms with Crippen molar-refractivity contribution in [1.29, 1.82) is 0 Å². The van der Waals surface area contributed by atoms with Gasteiger partial charge in [-0.1, -0.05) is 5.16 Å². The van der Waals surface area contributed by atoms with Crippen LogP contribution >= 0.6 is 11.3 Å². The Balaban J connectivity index is 1.88. The molecule has 0 bridgehead atoms. The number of rotatable bonds is 4. The first kappa shape index (κ1) is 12.7. The molecule has 19 heavy (non-hydrogen) atoms. The van der Waals surface area contributed by atoms with Crippen LogP contribution in [0.1, 0.15) is 43.1 Å². The SMILES string of the molecule is COC1(c2noc(-c3csc(C(C)N)n3)n2)CCC1. The molecule has 0 aromatic carbocycles. The van der Waals surface area contributed by atoms with Crippen LogP contribution < -0.4 is 5.73 Å². The zero-order chi connectivity index (χ0) is 13.5. The first-order chi connectivity index (χ1) is 9.14. The largest absolute Gasteiger partial charge is 0.370 e. The summed E-state index contributed by atoms with van der Waals surface area (Å²) in [5.41, 5.74) is 6.12. The summed E-state index contributed by atoms with van der Waals surface area (Å²) >= 11 is 1.50. The van der Waals surface area contributed by atoms with Crippen molar-refractivity contribution in [3.63, 3.8) is 0 Å². The van der Waals surface area contributed by atoms with E-state index in [0.29, 0.717) is 17.4 Å². The Morgan fingerprint density at radius 3 is 2.79 bits per heavy atom. The molecule has 6 nitrogen and oxygen atoms in total. The second kappa shape index (κ2) is 4.66. The molecule has 1 atom stereocenters. The van der Waals surface area contributed by atoms with Gasteiger partial charge in [-0.25, -0.2) is 4.98 Å². The molecule has 0 amide bonds. The molecule has 0 aliphatic heterocycles. The third kappa shape index (κ3) is 2.07. The van der Waals surface area contributed by atoms with E-state index in [9.17, 15) is 0 Å². The first-order valence-electron chi connectivity index (χ1n) is 6.25. The highest BCUT2D eigenvalue weighted by molar-refractivity contribution is 7.10. The number of hydrogen-bond acceptors (Lipinski definition) is 7. The summed E-state index contributed by atoms with van der Waals surface area (Å²) in [5.74, 6) is 1.05. The molecule has 1 aliphatic carbocycles. The number of thiazole rings is 1. The van der Waals surface area contributed by atoms with Gasteiger partial charge in [-0.05, 0) is 26.2 Å². The van der Waals surface area contributed by atoms with E-state index >= 15 is 0 Å². The molecule has 0 spiro atoms. The number of nitrogens with zero attached hydrogens (tertiary/aromatic N) is 3. The number of methoxy groups -OCH3 is 1. The second-order valence-electron chi connectivity index (χ2n) is 4.83. The van der Waals surface area contributed by atoms with Gasteiger partial charge in [-0.2, -0.15) is 4.98 Å². The van der Waals surface area contributed by atoms with E-state index in [1.54, 1.807) is 7.11 Å². The van der Waals surface area contributed by atoms with Gasteiger partial charge in [0.1, 0.15) is 16.3 Å². The van der Waals surface area contributed by atoms with Gasteiger partial charge in [0, 0.05) is 12.5 Å². The summed E-state index contributed by atoms with van der Waals surface area (Å²) in [4.78, 5) is 8.82. The number of nitrogens with two attached hydrogens (primary N) is 1. The minimum Gasteiger partial charge on any atom is -0.370 e. The maximum absolute atomic E-state index is 5.79. The lowest BCUT2D eigenvalue weighted by Gasteiger charge is -2.37. The Kier molecular flexibility index (Phi) is 3.12. The molecule has 7 heteroatoms. The molecule has 2 aromatic heterocycles. The summed E-state index contributed by atoms with van der Waals surface area (Å²) in [6.45, 7) is 1.90. The van der Waals surface area contributed by atoms with Gasteiger partial charge in [0.2, 0.25) is 5.82 Å². The Labute approximate surface area is 115 Å². The molecule has 2 aromatic rings. The number of aromatic nitrogens is 3. The van der Waals surface area contributed by atoms with Crippen molar-refractivity contribution in [3.8, 4) is 11.6 Å².